The summed E-state index contributed by atoms with van der Waals surface area (Å²) in [5.41, 5.74) is 3.44. The highest BCUT2D eigenvalue weighted by molar-refractivity contribution is 6.35. The molecule has 0 aliphatic heterocycles. The number of carbonyl (C=O) groups is 3. The molecular weight excluding hydrogens is 559 g/mol. The van der Waals surface area contributed by atoms with Gasteiger partial charge in [0, 0.05) is 6.54 Å². The summed E-state index contributed by atoms with van der Waals surface area (Å²) in [7, 11) is 4.43. The van der Waals surface area contributed by atoms with Gasteiger partial charge in [0.15, 0.2) is 29.6 Å². The monoisotopic (exact) mass is 586 g/mol. The summed E-state index contributed by atoms with van der Waals surface area (Å²) >= 11 is 6.29. The van der Waals surface area contributed by atoms with Gasteiger partial charge in [-0.2, -0.15) is 5.10 Å². The first-order valence-corrected chi connectivity index (χ1v) is 12.5. The molecule has 11 nitrogen and oxygen atoms in total. The molecule has 3 aromatic rings. The maximum atomic E-state index is 13.7. The van der Waals surface area contributed by atoms with Crippen LogP contribution in [-0.4, -0.2) is 58.4 Å². The third kappa shape index (κ3) is 8.83. The number of halogens is 2. The first-order valence-electron chi connectivity index (χ1n) is 12.1. The smallest absolute Gasteiger partial charge is 0.329 e. The van der Waals surface area contributed by atoms with E-state index in [0.717, 1.165) is 5.56 Å². The number of para-hydroxylation sites is 1. The first-order chi connectivity index (χ1) is 19.7. The SMILES string of the molecule is COc1ccc(CCNC(=O)C(=O)N/N=C\c2cc(Cl)c(OCC(=O)Nc3ccccc3F)c(OC)c2)cc1OC. The van der Waals surface area contributed by atoms with Crippen LogP contribution >= 0.6 is 11.6 Å². The lowest BCUT2D eigenvalue weighted by Crippen LogP contribution is -2.38. The molecule has 41 heavy (non-hydrogen) atoms. The number of nitrogens with zero attached hydrogens (tertiary/aromatic N) is 1. The molecule has 3 amide bonds. The molecule has 0 saturated heterocycles. The Kier molecular flexibility index (Phi) is 11.3. The molecular formula is C28H28ClFN4O7. The van der Waals surface area contributed by atoms with Crippen molar-refractivity contribution in [3.05, 3.63) is 76.6 Å². The standard InChI is InChI=1S/C28H28ClFN4O7/c1-38-22-9-8-17(13-23(22)39-2)10-11-31-27(36)28(37)34-32-15-18-12-19(29)26(24(14-18)40-3)41-16-25(35)33-21-7-5-4-6-20(21)30/h4-9,12-15H,10-11,16H2,1-3H3,(H,31,36)(H,33,35)(H,34,37)/b32-15-. The molecule has 0 spiro atoms. The van der Waals surface area contributed by atoms with Gasteiger partial charge < -0.3 is 29.6 Å². The summed E-state index contributed by atoms with van der Waals surface area (Å²) in [5.74, 6) is -1.62. The minimum absolute atomic E-state index is 0.0133. The van der Waals surface area contributed by atoms with Crippen LogP contribution in [0.4, 0.5) is 10.1 Å². The number of anilines is 1. The number of carbonyl (C=O) groups excluding carboxylic acids is 3. The number of hydrazone groups is 1. The second-order valence-corrected chi connectivity index (χ2v) is 8.65. The summed E-state index contributed by atoms with van der Waals surface area (Å²) < 4.78 is 34.9. The van der Waals surface area contributed by atoms with Gasteiger partial charge >= 0.3 is 11.8 Å². The van der Waals surface area contributed by atoms with E-state index in [2.05, 4.69) is 21.2 Å². The number of rotatable bonds is 12. The molecule has 0 bridgehead atoms. The zero-order valence-corrected chi connectivity index (χ0v) is 23.2. The normalized spacial score (nSPS) is 10.6. The molecule has 3 rings (SSSR count). The van der Waals surface area contributed by atoms with Crippen molar-refractivity contribution < 1.29 is 37.7 Å². The number of nitrogens with one attached hydrogen (secondary N) is 3. The zero-order chi connectivity index (χ0) is 29.8. The molecule has 216 valence electrons. The van der Waals surface area contributed by atoms with Crippen LogP contribution in [0.1, 0.15) is 11.1 Å². The topological polar surface area (TPSA) is 137 Å². The van der Waals surface area contributed by atoms with Gasteiger partial charge in [-0.3, -0.25) is 14.4 Å². The molecule has 0 aliphatic rings. The Bertz CT molecular complexity index is 1430. The van der Waals surface area contributed by atoms with Gasteiger partial charge in [-0.25, -0.2) is 9.82 Å². The summed E-state index contributed by atoms with van der Waals surface area (Å²) in [6.45, 7) is -0.257. The summed E-state index contributed by atoms with van der Waals surface area (Å²) in [4.78, 5) is 36.4. The van der Waals surface area contributed by atoms with E-state index < -0.39 is 30.1 Å². The predicted octanol–water partition coefficient (Wildman–Crippen LogP) is 3.33. The van der Waals surface area contributed by atoms with Crippen LogP contribution in [0, 0.1) is 5.82 Å². The van der Waals surface area contributed by atoms with Crippen molar-refractivity contribution in [3.63, 3.8) is 0 Å². The van der Waals surface area contributed by atoms with E-state index in [1.807, 2.05) is 6.07 Å². The van der Waals surface area contributed by atoms with Gasteiger partial charge in [0.25, 0.3) is 5.91 Å². The van der Waals surface area contributed by atoms with Gasteiger partial charge in [0.2, 0.25) is 0 Å². The second-order valence-electron chi connectivity index (χ2n) is 8.25. The fourth-order valence-electron chi connectivity index (χ4n) is 3.49. The van der Waals surface area contributed by atoms with E-state index in [1.54, 1.807) is 18.2 Å². The lowest BCUT2D eigenvalue weighted by molar-refractivity contribution is -0.139. The number of hydrogen-bond acceptors (Lipinski definition) is 8. The van der Waals surface area contributed by atoms with E-state index in [1.165, 1.54) is 57.9 Å². The Labute approximate surface area is 240 Å². The Balaban J connectivity index is 1.50. The molecule has 0 radical (unpaired) electrons. The quantitative estimate of drug-likeness (QED) is 0.168. The van der Waals surface area contributed by atoms with Crippen LogP contribution in [0.15, 0.2) is 59.7 Å². The molecule has 3 N–H and O–H groups in total. The molecule has 0 atom stereocenters. The average Bonchev–Trinajstić information content (AvgIpc) is 2.97. The van der Waals surface area contributed by atoms with Crippen molar-refractivity contribution in [2.75, 3.05) is 39.8 Å². The predicted molar refractivity (Wildman–Crippen MR) is 151 cm³/mol. The fraction of sp³-hybridized carbons (Fsp3) is 0.214. The molecule has 0 heterocycles. The van der Waals surface area contributed by atoms with Crippen molar-refractivity contribution in [1.29, 1.82) is 0 Å². The minimum Gasteiger partial charge on any atom is -0.493 e. The van der Waals surface area contributed by atoms with E-state index in [0.29, 0.717) is 23.5 Å². The average molecular weight is 587 g/mol. The summed E-state index contributed by atoms with van der Waals surface area (Å²) in [5, 5.41) is 8.78. The highest BCUT2D eigenvalue weighted by atomic mass is 35.5. The second kappa shape index (κ2) is 15.1. The van der Waals surface area contributed by atoms with Crippen LogP contribution in [0.3, 0.4) is 0 Å². The van der Waals surface area contributed by atoms with Crippen molar-refractivity contribution in [2.24, 2.45) is 5.10 Å². The molecule has 0 aromatic heterocycles. The minimum atomic E-state index is -0.965. The number of ether oxygens (including phenoxy) is 4. The van der Waals surface area contributed by atoms with E-state index in [4.69, 9.17) is 30.5 Å². The number of benzene rings is 3. The van der Waals surface area contributed by atoms with Gasteiger partial charge in [-0.05, 0) is 53.9 Å². The van der Waals surface area contributed by atoms with Crippen LogP contribution in [0.25, 0.3) is 0 Å². The van der Waals surface area contributed by atoms with Crippen molar-refractivity contribution in [1.82, 2.24) is 10.7 Å². The largest absolute Gasteiger partial charge is 0.493 e. The molecule has 0 unspecified atom stereocenters. The van der Waals surface area contributed by atoms with Crippen LogP contribution in [0.2, 0.25) is 5.02 Å². The third-order valence-electron chi connectivity index (χ3n) is 5.48. The van der Waals surface area contributed by atoms with Crippen LogP contribution < -0.4 is 35.0 Å². The van der Waals surface area contributed by atoms with Gasteiger partial charge in [-0.15, -0.1) is 0 Å². The molecule has 0 saturated carbocycles. The van der Waals surface area contributed by atoms with Crippen molar-refractivity contribution in [2.45, 2.75) is 6.42 Å². The Morgan fingerprint density at radius 2 is 1.66 bits per heavy atom. The molecule has 3 aromatic carbocycles. The van der Waals surface area contributed by atoms with E-state index in [9.17, 15) is 18.8 Å². The molecule has 0 aliphatic carbocycles. The van der Waals surface area contributed by atoms with Crippen LogP contribution in [0.5, 0.6) is 23.0 Å². The summed E-state index contributed by atoms with van der Waals surface area (Å²) in [6, 6.07) is 14.0. The maximum absolute atomic E-state index is 13.7. The summed E-state index contributed by atoms with van der Waals surface area (Å²) in [6.07, 6.45) is 1.71. The third-order valence-corrected chi connectivity index (χ3v) is 5.76. The first kappa shape index (κ1) is 30.7. The Morgan fingerprint density at radius 1 is 0.927 bits per heavy atom. The number of amides is 3. The van der Waals surface area contributed by atoms with E-state index >= 15 is 0 Å². The van der Waals surface area contributed by atoms with Crippen molar-refractivity contribution in [3.8, 4) is 23.0 Å². The zero-order valence-electron chi connectivity index (χ0n) is 22.5. The van der Waals surface area contributed by atoms with Gasteiger partial charge in [0.05, 0.1) is 38.3 Å². The van der Waals surface area contributed by atoms with Gasteiger partial charge in [-0.1, -0.05) is 29.8 Å². The Hall–Kier alpha value is -4.84. The molecule has 0 fully saturated rings. The lowest BCUT2D eigenvalue weighted by Gasteiger charge is -2.13. The highest BCUT2D eigenvalue weighted by Gasteiger charge is 2.15. The molecule has 13 heteroatoms. The fourth-order valence-corrected chi connectivity index (χ4v) is 3.77. The number of methoxy groups -OCH3 is 3. The Morgan fingerprint density at radius 3 is 2.37 bits per heavy atom. The van der Waals surface area contributed by atoms with Gasteiger partial charge in [0.1, 0.15) is 5.82 Å². The highest BCUT2D eigenvalue weighted by Crippen LogP contribution is 2.36. The van der Waals surface area contributed by atoms with Crippen LogP contribution in [-0.2, 0) is 20.8 Å². The van der Waals surface area contributed by atoms with Crippen molar-refractivity contribution >= 4 is 41.2 Å². The van der Waals surface area contributed by atoms with E-state index in [-0.39, 0.29) is 28.8 Å². The maximum Gasteiger partial charge on any atom is 0.329 e. The number of hydrogen-bond donors (Lipinski definition) is 3. The lowest BCUT2D eigenvalue weighted by atomic mass is 10.1.